The van der Waals surface area contributed by atoms with Crippen LogP contribution in [0.3, 0.4) is 0 Å². The summed E-state index contributed by atoms with van der Waals surface area (Å²) in [5.74, 6) is 14.0. The predicted octanol–water partition coefficient (Wildman–Crippen LogP) is 6.84. The maximum atomic E-state index is 15.3. The zero-order valence-electron chi connectivity index (χ0n) is 18.8. The Bertz CT molecular complexity index is 733. The highest BCUT2D eigenvalue weighted by atomic mass is 19.1. The molecule has 160 valence electrons. The highest BCUT2D eigenvalue weighted by Gasteiger charge is 2.84. The first kappa shape index (κ1) is 17.5. The zero-order valence-corrected chi connectivity index (χ0v) is 18.8. The number of hydrogen-bond acceptors (Lipinski definition) is 0. The minimum atomic E-state index is -0.428. The van der Waals surface area contributed by atoms with E-state index < -0.39 is 6.17 Å². The van der Waals surface area contributed by atoms with Crippen molar-refractivity contribution in [2.75, 3.05) is 0 Å². The van der Waals surface area contributed by atoms with Gasteiger partial charge in [0.25, 0.3) is 0 Å². The average Bonchev–Trinajstić information content (AvgIpc) is 3.01. The molecule has 1 spiro atoms. The Hall–Kier alpha value is -0.0700. The highest BCUT2D eigenvalue weighted by molar-refractivity contribution is 5.31. The summed E-state index contributed by atoms with van der Waals surface area (Å²) in [5, 5.41) is 0. The molecule has 0 radical (unpaired) electrons. The molecule has 0 nitrogen and oxygen atoms in total. The number of halogens is 1. The predicted molar refractivity (Wildman–Crippen MR) is 114 cm³/mol. The van der Waals surface area contributed by atoms with Crippen molar-refractivity contribution >= 4 is 0 Å². The first-order chi connectivity index (χ1) is 14.1. The summed E-state index contributed by atoms with van der Waals surface area (Å²) in [6.07, 6.45) is 10.8. The van der Waals surface area contributed by atoms with Gasteiger partial charge in [-0.05, 0) is 133 Å². The topological polar surface area (TPSA) is 0 Å². The normalized spacial score (nSPS) is 72.4. The fourth-order valence-electron chi connectivity index (χ4n) is 13.4. The van der Waals surface area contributed by atoms with E-state index in [0.29, 0.717) is 5.92 Å². The Kier molecular flexibility index (Phi) is 3.18. The van der Waals surface area contributed by atoms with Crippen LogP contribution >= 0.6 is 0 Å². The SMILES string of the molecule is CCCC1C2C(CCC3C4C5CC(F)C6C7CCC6C7[C@H]5C4C4CC342)C(C)[C@H]1C. The minimum absolute atomic E-state index is 0.428. The lowest BCUT2D eigenvalue weighted by Gasteiger charge is -2.59. The summed E-state index contributed by atoms with van der Waals surface area (Å²) in [4.78, 5) is 0. The molecular formula is C28H41F. The van der Waals surface area contributed by atoms with Gasteiger partial charge in [0.2, 0.25) is 0 Å². The van der Waals surface area contributed by atoms with Crippen molar-refractivity contribution in [1.82, 2.24) is 0 Å². The lowest BCUT2D eigenvalue weighted by molar-refractivity contribution is -0.127. The van der Waals surface area contributed by atoms with Crippen LogP contribution in [0.25, 0.3) is 0 Å². The number of alkyl halides is 1. The van der Waals surface area contributed by atoms with Crippen LogP contribution in [-0.4, -0.2) is 6.17 Å². The van der Waals surface area contributed by atoms with Crippen LogP contribution in [0.15, 0.2) is 0 Å². The van der Waals surface area contributed by atoms with Crippen molar-refractivity contribution in [2.45, 2.75) is 78.3 Å². The Morgan fingerprint density at radius 1 is 0.759 bits per heavy atom. The number of hydrogen-bond donors (Lipinski definition) is 0. The van der Waals surface area contributed by atoms with Crippen molar-refractivity contribution in [3.63, 3.8) is 0 Å². The molecular weight excluding hydrogens is 355 g/mol. The van der Waals surface area contributed by atoms with Crippen molar-refractivity contribution in [3.05, 3.63) is 0 Å². The van der Waals surface area contributed by atoms with Gasteiger partial charge in [-0.3, -0.25) is 0 Å². The van der Waals surface area contributed by atoms with Crippen LogP contribution in [0.2, 0.25) is 0 Å². The van der Waals surface area contributed by atoms with Gasteiger partial charge >= 0.3 is 0 Å². The maximum Gasteiger partial charge on any atom is 0.104 e. The van der Waals surface area contributed by atoms with Crippen molar-refractivity contribution in [3.8, 4) is 0 Å². The average molecular weight is 397 g/mol. The third kappa shape index (κ3) is 1.67. The molecule has 0 aromatic heterocycles. The Labute approximate surface area is 177 Å². The number of rotatable bonds is 2. The second-order valence-electron chi connectivity index (χ2n) is 13.7. The van der Waals surface area contributed by atoms with Gasteiger partial charge in [-0.25, -0.2) is 4.39 Å². The van der Waals surface area contributed by atoms with Gasteiger partial charge in [-0.1, -0.05) is 33.6 Å². The van der Waals surface area contributed by atoms with Gasteiger partial charge in [0.15, 0.2) is 0 Å². The van der Waals surface area contributed by atoms with Crippen molar-refractivity contribution in [2.24, 2.45) is 94.2 Å². The lowest BCUT2D eigenvalue weighted by Crippen LogP contribution is -2.56. The molecule has 1 heteroatoms. The Morgan fingerprint density at radius 2 is 1.52 bits per heavy atom. The molecule has 10 aliphatic carbocycles. The third-order valence-electron chi connectivity index (χ3n) is 13.9. The van der Waals surface area contributed by atoms with Gasteiger partial charge in [0, 0.05) is 0 Å². The molecule has 13 unspecified atom stereocenters. The van der Waals surface area contributed by atoms with E-state index in [1.54, 1.807) is 6.42 Å². The van der Waals surface area contributed by atoms with Crippen LogP contribution in [0.1, 0.15) is 72.1 Å². The fourth-order valence-corrected chi connectivity index (χ4v) is 13.4. The molecule has 0 N–H and O–H groups in total. The smallest absolute Gasteiger partial charge is 0.104 e. The molecule has 0 amide bonds. The summed E-state index contributed by atoms with van der Waals surface area (Å²) >= 11 is 0. The molecule has 10 aliphatic rings. The van der Waals surface area contributed by atoms with Crippen LogP contribution < -0.4 is 0 Å². The molecule has 10 rings (SSSR count). The van der Waals surface area contributed by atoms with Gasteiger partial charge < -0.3 is 0 Å². The molecule has 29 heavy (non-hydrogen) atoms. The van der Waals surface area contributed by atoms with E-state index in [2.05, 4.69) is 20.8 Å². The molecule has 0 saturated heterocycles. The Morgan fingerprint density at radius 3 is 2.28 bits per heavy atom. The van der Waals surface area contributed by atoms with Crippen molar-refractivity contribution in [1.29, 1.82) is 0 Å². The van der Waals surface area contributed by atoms with Crippen molar-refractivity contribution < 1.29 is 4.39 Å². The van der Waals surface area contributed by atoms with Crippen LogP contribution in [0, 0.1) is 94.2 Å². The molecule has 10 saturated carbocycles. The number of fused-ring (bicyclic) bond motifs is 6. The van der Waals surface area contributed by atoms with E-state index in [4.69, 9.17) is 0 Å². The van der Waals surface area contributed by atoms with Gasteiger partial charge in [0.1, 0.15) is 6.17 Å². The molecule has 0 aliphatic heterocycles. The van der Waals surface area contributed by atoms with Crippen LogP contribution in [0.4, 0.5) is 4.39 Å². The molecule has 4 bridgehead atoms. The second kappa shape index (κ2) is 5.28. The highest BCUT2D eigenvalue weighted by Crippen LogP contribution is 2.89. The molecule has 0 aromatic carbocycles. The Balaban J connectivity index is 1.17. The third-order valence-corrected chi connectivity index (χ3v) is 13.9. The maximum absolute atomic E-state index is 15.3. The standard InChI is InChI=1S/C28H41F/c1-4-5-14-12(2)13(3)15-8-9-19-24-18-10-21(29)22-16-6-7-17(22)23(16)25(18)26(24)20-11-28(19,20)27(14)15/h12-27H,4-11H2,1-3H3/t12-,13?,14?,15?,16?,17?,18?,19?,20?,21?,22?,23?,24?,25+,26?,27?,28?/m1/s1. The molecule has 0 heterocycles. The molecule has 0 aromatic rings. The van der Waals surface area contributed by atoms with E-state index in [9.17, 15) is 0 Å². The largest absolute Gasteiger partial charge is 0.247 e. The van der Waals surface area contributed by atoms with E-state index in [1.807, 2.05) is 0 Å². The van der Waals surface area contributed by atoms with E-state index >= 15 is 4.39 Å². The second-order valence-corrected chi connectivity index (χ2v) is 13.7. The van der Waals surface area contributed by atoms with Gasteiger partial charge in [0.05, 0.1) is 0 Å². The van der Waals surface area contributed by atoms with Crippen LogP contribution in [0.5, 0.6) is 0 Å². The first-order valence-electron chi connectivity index (χ1n) is 13.7. The summed E-state index contributed by atoms with van der Waals surface area (Å²) < 4.78 is 15.3. The molecule has 15 atom stereocenters. The van der Waals surface area contributed by atoms with Crippen LogP contribution in [-0.2, 0) is 0 Å². The van der Waals surface area contributed by atoms with Gasteiger partial charge in [-0.15, -0.1) is 0 Å². The fraction of sp³-hybridized carbons (Fsp3) is 1.00. The summed E-state index contributed by atoms with van der Waals surface area (Å²) in [7, 11) is 0. The first-order valence-corrected chi connectivity index (χ1v) is 13.7. The van der Waals surface area contributed by atoms with Gasteiger partial charge in [-0.2, -0.15) is 0 Å². The quantitative estimate of drug-likeness (QED) is 0.479. The monoisotopic (exact) mass is 396 g/mol. The van der Waals surface area contributed by atoms with E-state index in [0.717, 1.165) is 94.7 Å². The molecule has 10 fully saturated rings. The van der Waals surface area contributed by atoms with E-state index in [1.165, 1.54) is 38.5 Å². The minimum Gasteiger partial charge on any atom is -0.247 e. The summed E-state index contributed by atoms with van der Waals surface area (Å²) in [6.45, 7) is 7.65. The zero-order chi connectivity index (χ0) is 19.4. The lowest BCUT2D eigenvalue weighted by atomic mass is 9.45. The van der Waals surface area contributed by atoms with E-state index in [-0.39, 0.29) is 0 Å². The summed E-state index contributed by atoms with van der Waals surface area (Å²) in [6, 6.07) is 0. The summed E-state index contributed by atoms with van der Waals surface area (Å²) in [5.41, 5.74) is 0.747.